The largest absolute Gasteiger partial charge is 0.491 e. The maximum atomic E-state index is 12.3. The van der Waals surface area contributed by atoms with Gasteiger partial charge in [-0.2, -0.15) is 9.36 Å². The molecule has 0 N–H and O–H groups in total. The number of ether oxygens (including phenoxy) is 2. The van der Waals surface area contributed by atoms with Crippen LogP contribution in [0.15, 0.2) is 16.9 Å². The molecule has 0 bridgehead atoms. The van der Waals surface area contributed by atoms with Crippen molar-refractivity contribution < 1.29 is 9.47 Å². The van der Waals surface area contributed by atoms with Crippen molar-refractivity contribution in [1.29, 1.82) is 0 Å². The van der Waals surface area contributed by atoms with Crippen LogP contribution >= 0.6 is 0 Å². The molecule has 2 heterocycles. The quantitative estimate of drug-likeness (QED) is 0.756. The zero-order valence-electron chi connectivity index (χ0n) is 15.4. The molecule has 1 aliphatic heterocycles. The van der Waals surface area contributed by atoms with Crippen LogP contribution in [0.25, 0.3) is 5.69 Å². The Morgan fingerprint density at radius 2 is 2.00 bits per heavy atom. The molecule has 2 radical (unpaired) electrons. The van der Waals surface area contributed by atoms with Crippen LogP contribution in [0.4, 0.5) is 0 Å². The van der Waals surface area contributed by atoms with E-state index in [-0.39, 0.29) is 16.5 Å². The zero-order valence-corrected chi connectivity index (χ0v) is 15.4. The van der Waals surface area contributed by atoms with Crippen molar-refractivity contribution in [2.75, 3.05) is 19.8 Å². The van der Waals surface area contributed by atoms with Gasteiger partial charge in [0.25, 0.3) is 0 Å². The van der Waals surface area contributed by atoms with Crippen molar-refractivity contribution in [2.45, 2.75) is 33.1 Å². The number of hydrogen-bond donors (Lipinski definition) is 0. The monoisotopic (exact) mass is 342 g/mol. The summed E-state index contributed by atoms with van der Waals surface area (Å²) < 4.78 is 13.7. The molecule has 132 valence electrons. The lowest BCUT2D eigenvalue weighted by Gasteiger charge is -2.37. The number of nitrogens with zero attached hydrogens (tertiary/aromatic N) is 4. The topological polar surface area (TPSA) is 71.2 Å². The average Bonchev–Trinajstić information content (AvgIpc) is 2.82. The smallest absolute Gasteiger partial charge is 0.368 e. The normalized spacial score (nSPS) is 16.5. The van der Waals surface area contributed by atoms with E-state index in [1.54, 1.807) is 13.1 Å². The Morgan fingerprint density at radius 3 is 2.48 bits per heavy atom. The summed E-state index contributed by atoms with van der Waals surface area (Å²) in [5, 5.41) is 7.74. The van der Waals surface area contributed by atoms with Crippen molar-refractivity contribution in [3.63, 3.8) is 0 Å². The first-order valence-electron chi connectivity index (χ1n) is 8.25. The number of tetrazole rings is 1. The SMILES string of the molecule is [B]c1cc(OCC2(C)COC2)c(-n2nnn(C)c2=O)cc1C(C)(C)C. The Morgan fingerprint density at radius 1 is 1.32 bits per heavy atom. The highest BCUT2D eigenvalue weighted by Gasteiger charge is 2.34. The lowest BCUT2D eigenvalue weighted by atomic mass is 9.77. The summed E-state index contributed by atoms with van der Waals surface area (Å²) in [5.74, 6) is 0.515. The number of aryl methyl sites for hydroxylation is 1. The Balaban J connectivity index is 2.07. The van der Waals surface area contributed by atoms with Crippen LogP contribution in [0.1, 0.15) is 33.3 Å². The third kappa shape index (κ3) is 3.35. The lowest BCUT2D eigenvalue weighted by molar-refractivity contribution is -0.120. The molecule has 8 heteroatoms. The van der Waals surface area contributed by atoms with E-state index in [4.69, 9.17) is 17.3 Å². The van der Waals surface area contributed by atoms with Gasteiger partial charge in [0.1, 0.15) is 19.3 Å². The number of hydrogen-bond acceptors (Lipinski definition) is 5. The first-order valence-corrected chi connectivity index (χ1v) is 8.25. The van der Waals surface area contributed by atoms with Crippen LogP contribution in [0.5, 0.6) is 5.75 Å². The molecule has 1 saturated heterocycles. The molecule has 1 aromatic heterocycles. The van der Waals surface area contributed by atoms with Gasteiger partial charge in [-0.15, -0.1) is 0 Å². The van der Waals surface area contributed by atoms with Crippen LogP contribution in [-0.2, 0) is 17.2 Å². The molecule has 1 fully saturated rings. The Hall–Kier alpha value is -2.09. The summed E-state index contributed by atoms with van der Waals surface area (Å²) in [6, 6.07) is 3.63. The van der Waals surface area contributed by atoms with Gasteiger partial charge in [-0.1, -0.05) is 33.2 Å². The zero-order chi connectivity index (χ0) is 18.4. The lowest BCUT2D eigenvalue weighted by Crippen LogP contribution is -2.44. The summed E-state index contributed by atoms with van der Waals surface area (Å²) >= 11 is 0. The highest BCUT2D eigenvalue weighted by molar-refractivity contribution is 6.33. The molecule has 1 aromatic carbocycles. The maximum absolute atomic E-state index is 12.3. The fourth-order valence-corrected chi connectivity index (χ4v) is 2.77. The second kappa shape index (κ2) is 6.02. The minimum absolute atomic E-state index is 0.0257. The predicted molar refractivity (Wildman–Crippen MR) is 95.1 cm³/mol. The van der Waals surface area contributed by atoms with Crippen molar-refractivity contribution in [2.24, 2.45) is 12.5 Å². The highest BCUT2D eigenvalue weighted by atomic mass is 16.5. The Labute approximate surface area is 148 Å². The van der Waals surface area contributed by atoms with Gasteiger partial charge < -0.3 is 9.47 Å². The molecule has 0 unspecified atom stereocenters. The molecule has 7 nitrogen and oxygen atoms in total. The number of rotatable bonds is 4. The second-order valence-electron chi connectivity index (χ2n) is 8.05. The van der Waals surface area contributed by atoms with Gasteiger partial charge in [-0.05, 0) is 33.5 Å². The van der Waals surface area contributed by atoms with Gasteiger partial charge in [-0.3, -0.25) is 0 Å². The Bertz CT molecular complexity index is 847. The van der Waals surface area contributed by atoms with E-state index in [1.165, 1.54) is 9.36 Å². The van der Waals surface area contributed by atoms with Crippen LogP contribution in [0.3, 0.4) is 0 Å². The molecule has 0 spiro atoms. The standard InChI is InChI=1S/C17H23BN4O3/c1-16(2,3)11-6-13(22-15(23)21(5)19-20-22)14(7-12(11)18)25-10-17(4)8-24-9-17/h6-7H,8-10H2,1-5H3. The van der Waals surface area contributed by atoms with Gasteiger partial charge in [0.15, 0.2) is 0 Å². The number of benzene rings is 1. The fraction of sp³-hybridized carbons (Fsp3) is 0.588. The van der Waals surface area contributed by atoms with Gasteiger partial charge in [0.2, 0.25) is 0 Å². The summed E-state index contributed by atoms with van der Waals surface area (Å²) in [4.78, 5) is 12.3. The van der Waals surface area contributed by atoms with E-state index < -0.39 is 0 Å². The van der Waals surface area contributed by atoms with Gasteiger partial charge >= 0.3 is 5.69 Å². The predicted octanol–water partition coefficient (Wildman–Crippen LogP) is 0.473. The third-order valence-corrected chi connectivity index (χ3v) is 4.37. The first kappa shape index (κ1) is 17.7. The summed E-state index contributed by atoms with van der Waals surface area (Å²) in [6.07, 6.45) is 0. The first-order chi connectivity index (χ1) is 11.6. The van der Waals surface area contributed by atoms with Crippen LogP contribution in [-0.4, -0.2) is 47.5 Å². The van der Waals surface area contributed by atoms with Crippen LogP contribution in [0, 0.1) is 5.41 Å². The van der Waals surface area contributed by atoms with Gasteiger partial charge in [0, 0.05) is 12.5 Å². The van der Waals surface area contributed by atoms with Crippen LogP contribution in [0.2, 0.25) is 0 Å². The van der Waals surface area contributed by atoms with Crippen molar-refractivity contribution in [1.82, 2.24) is 19.8 Å². The van der Waals surface area contributed by atoms with Crippen molar-refractivity contribution in [3.8, 4) is 11.4 Å². The van der Waals surface area contributed by atoms with E-state index >= 15 is 0 Å². The van der Waals surface area contributed by atoms with Crippen LogP contribution < -0.4 is 15.9 Å². The van der Waals surface area contributed by atoms with E-state index in [2.05, 4.69) is 38.1 Å². The van der Waals surface area contributed by atoms with Gasteiger partial charge in [-0.25, -0.2) is 4.79 Å². The summed E-state index contributed by atoms with van der Waals surface area (Å²) in [7, 11) is 7.81. The Kier molecular flexibility index (Phi) is 4.27. The van der Waals surface area contributed by atoms with E-state index in [1.807, 2.05) is 6.07 Å². The van der Waals surface area contributed by atoms with E-state index in [0.717, 1.165) is 5.56 Å². The highest BCUT2D eigenvalue weighted by Crippen LogP contribution is 2.31. The van der Waals surface area contributed by atoms with E-state index in [0.29, 0.717) is 36.7 Å². The molecule has 3 rings (SSSR count). The fourth-order valence-electron chi connectivity index (χ4n) is 2.77. The minimum atomic E-state index is -0.340. The maximum Gasteiger partial charge on any atom is 0.368 e. The molecular weight excluding hydrogens is 319 g/mol. The molecule has 2 aromatic rings. The summed E-state index contributed by atoms with van der Waals surface area (Å²) in [6.45, 7) is 10.1. The number of aromatic nitrogens is 4. The summed E-state index contributed by atoms with van der Waals surface area (Å²) in [5.41, 5.74) is 1.54. The third-order valence-electron chi connectivity index (χ3n) is 4.37. The second-order valence-corrected chi connectivity index (χ2v) is 8.05. The molecular formula is C17H23BN4O3. The molecule has 0 amide bonds. The van der Waals surface area contributed by atoms with E-state index in [9.17, 15) is 4.79 Å². The average molecular weight is 342 g/mol. The molecule has 1 aliphatic rings. The van der Waals surface area contributed by atoms with Crippen molar-refractivity contribution in [3.05, 3.63) is 28.2 Å². The molecule has 25 heavy (non-hydrogen) atoms. The van der Waals surface area contributed by atoms with Gasteiger partial charge in [0.05, 0.1) is 19.8 Å². The molecule has 0 atom stereocenters. The molecule has 0 aliphatic carbocycles. The van der Waals surface area contributed by atoms with Crippen molar-refractivity contribution >= 4 is 13.3 Å². The molecule has 0 saturated carbocycles. The minimum Gasteiger partial charge on any atom is -0.491 e.